The fourth-order valence-corrected chi connectivity index (χ4v) is 1.50. The molecule has 0 spiro atoms. The first-order chi connectivity index (χ1) is 10.3. The molecule has 22 heavy (non-hydrogen) atoms. The molecule has 10 heteroatoms. The van der Waals surface area contributed by atoms with Crippen molar-refractivity contribution in [3.63, 3.8) is 0 Å². The van der Waals surface area contributed by atoms with Crippen molar-refractivity contribution in [1.29, 1.82) is 0 Å². The van der Waals surface area contributed by atoms with Crippen LogP contribution in [0.1, 0.15) is 13.8 Å². The molecule has 0 radical (unpaired) electrons. The fraction of sp³-hybridized carbons (Fsp3) is 0.667. The van der Waals surface area contributed by atoms with Crippen LogP contribution in [0.25, 0.3) is 0 Å². The molecule has 0 aromatic carbocycles. The van der Waals surface area contributed by atoms with Gasteiger partial charge in [-0.2, -0.15) is 0 Å². The molecule has 0 aromatic rings. The van der Waals surface area contributed by atoms with Crippen LogP contribution in [0.4, 0.5) is 0 Å². The van der Waals surface area contributed by atoms with Crippen molar-refractivity contribution in [1.82, 2.24) is 10.6 Å². The Bertz CT molecular complexity index is 468. The Morgan fingerprint density at radius 3 is 2.50 bits per heavy atom. The summed E-state index contributed by atoms with van der Waals surface area (Å²) in [5.74, 6) is -3.13. The summed E-state index contributed by atoms with van der Waals surface area (Å²) in [4.78, 5) is 45.1. The summed E-state index contributed by atoms with van der Waals surface area (Å²) in [6.45, 7) is 2.88. The van der Waals surface area contributed by atoms with E-state index in [4.69, 9.17) is 15.6 Å². The Morgan fingerprint density at radius 1 is 1.32 bits per heavy atom. The Kier molecular flexibility index (Phi) is 6.25. The molecule has 1 fully saturated rings. The van der Waals surface area contributed by atoms with Crippen LogP contribution in [0.2, 0.25) is 0 Å². The maximum atomic E-state index is 11.7. The largest absolute Gasteiger partial charge is 0.480 e. The standard InChI is InChI=1S/C12H19N3O7/c1-3-21-12(20)8-7(22-8)10(17)14-4-6(13)9(16)15-5(2)11(18)19/h5-8H,3-4,13H2,1-2H3,(H,14,17)(H,15,16)(H,18,19)/t5-,6-,7?,8?/m0/s1. The number of esters is 1. The van der Waals surface area contributed by atoms with E-state index in [1.807, 2.05) is 0 Å². The van der Waals surface area contributed by atoms with Crippen LogP contribution in [0.15, 0.2) is 0 Å². The molecule has 1 heterocycles. The maximum absolute atomic E-state index is 11.7. The number of nitrogens with two attached hydrogens (primary N) is 1. The van der Waals surface area contributed by atoms with Crippen LogP contribution in [-0.2, 0) is 28.7 Å². The summed E-state index contributed by atoms with van der Waals surface area (Å²) in [7, 11) is 0. The lowest BCUT2D eigenvalue weighted by molar-refractivity contribution is -0.144. The number of hydrogen-bond donors (Lipinski definition) is 4. The number of carboxylic acid groups (broad SMARTS) is 1. The van der Waals surface area contributed by atoms with Crippen molar-refractivity contribution in [3.8, 4) is 0 Å². The second-order valence-corrected chi connectivity index (χ2v) is 4.65. The minimum atomic E-state index is -1.20. The number of carbonyl (C=O) groups excluding carboxylic acids is 3. The van der Waals surface area contributed by atoms with Gasteiger partial charge in [0, 0.05) is 6.54 Å². The lowest BCUT2D eigenvalue weighted by Crippen LogP contribution is -2.52. The first kappa shape index (κ1) is 17.9. The van der Waals surface area contributed by atoms with E-state index in [0.29, 0.717) is 0 Å². The highest BCUT2D eigenvalue weighted by Gasteiger charge is 2.51. The van der Waals surface area contributed by atoms with E-state index in [0.717, 1.165) is 0 Å². The third kappa shape index (κ3) is 4.97. The lowest BCUT2D eigenvalue weighted by atomic mass is 10.2. The van der Waals surface area contributed by atoms with E-state index in [9.17, 15) is 19.2 Å². The van der Waals surface area contributed by atoms with Gasteiger partial charge >= 0.3 is 11.9 Å². The summed E-state index contributed by atoms with van der Waals surface area (Å²) in [6, 6.07) is -2.21. The number of carbonyl (C=O) groups is 4. The number of nitrogens with one attached hydrogen (secondary N) is 2. The van der Waals surface area contributed by atoms with Crippen LogP contribution in [-0.4, -0.2) is 66.3 Å². The van der Waals surface area contributed by atoms with Gasteiger partial charge in [-0.1, -0.05) is 0 Å². The van der Waals surface area contributed by atoms with E-state index in [-0.39, 0.29) is 13.2 Å². The van der Waals surface area contributed by atoms with Crippen molar-refractivity contribution < 1.29 is 33.8 Å². The number of carboxylic acids is 1. The van der Waals surface area contributed by atoms with E-state index in [1.54, 1.807) is 6.92 Å². The average molecular weight is 317 g/mol. The van der Waals surface area contributed by atoms with Crippen LogP contribution in [0, 0.1) is 0 Å². The molecule has 2 amide bonds. The van der Waals surface area contributed by atoms with Crippen LogP contribution >= 0.6 is 0 Å². The minimum Gasteiger partial charge on any atom is -0.480 e. The quantitative estimate of drug-likeness (QED) is 0.279. The van der Waals surface area contributed by atoms with Gasteiger partial charge in [0.15, 0.2) is 12.2 Å². The number of amides is 2. The third-order valence-electron chi connectivity index (χ3n) is 2.83. The van der Waals surface area contributed by atoms with E-state index < -0.39 is 48.0 Å². The second-order valence-electron chi connectivity index (χ2n) is 4.65. The van der Waals surface area contributed by atoms with Gasteiger partial charge in [0.25, 0.3) is 5.91 Å². The summed E-state index contributed by atoms with van der Waals surface area (Å²) >= 11 is 0. The molecule has 1 rings (SSSR count). The van der Waals surface area contributed by atoms with Gasteiger partial charge in [-0.3, -0.25) is 14.4 Å². The topological polar surface area (TPSA) is 160 Å². The smallest absolute Gasteiger partial charge is 0.338 e. The van der Waals surface area contributed by atoms with Gasteiger partial charge in [0.2, 0.25) is 5.91 Å². The van der Waals surface area contributed by atoms with Gasteiger partial charge < -0.3 is 30.9 Å². The van der Waals surface area contributed by atoms with Crippen LogP contribution in [0.5, 0.6) is 0 Å². The highest BCUT2D eigenvalue weighted by molar-refractivity contribution is 5.93. The molecule has 10 nitrogen and oxygen atoms in total. The van der Waals surface area contributed by atoms with Crippen LogP contribution in [0.3, 0.4) is 0 Å². The highest BCUT2D eigenvalue weighted by atomic mass is 16.6. The SMILES string of the molecule is CCOC(=O)C1OC1C(=O)NC[C@H](N)C(=O)N[C@@H](C)C(=O)O. The average Bonchev–Trinajstić information content (AvgIpc) is 3.24. The third-order valence-corrected chi connectivity index (χ3v) is 2.83. The molecule has 0 aromatic heterocycles. The number of epoxide rings is 1. The van der Waals surface area contributed by atoms with E-state index in [1.165, 1.54) is 6.92 Å². The Hall–Kier alpha value is -2.20. The molecule has 2 unspecified atom stereocenters. The zero-order chi connectivity index (χ0) is 16.9. The molecule has 4 atom stereocenters. The minimum absolute atomic E-state index is 0.180. The highest BCUT2D eigenvalue weighted by Crippen LogP contribution is 2.23. The lowest BCUT2D eigenvalue weighted by Gasteiger charge is -2.15. The van der Waals surface area contributed by atoms with Crippen molar-refractivity contribution in [2.45, 2.75) is 38.1 Å². The molecule has 1 aliphatic rings. The number of rotatable bonds is 8. The summed E-state index contributed by atoms with van der Waals surface area (Å²) < 4.78 is 9.56. The number of ether oxygens (including phenoxy) is 2. The predicted molar refractivity (Wildman–Crippen MR) is 71.5 cm³/mol. The van der Waals surface area contributed by atoms with Gasteiger partial charge in [0.05, 0.1) is 6.61 Å². The molecular formula is C12H19N3O7. The van der Waals surface area contributed by atoms with E-state index >= 15 is 0 Å². The van der Waals surface area contributed by atoms with Gasteiger partial charge in [-0.05, 0) is 13.8 Å². The molecule has 124 valence electrons. The Balaban J connectivity index is 2.31. The van der Waals surface area contributed by atoms with Crippen molar-refractivity contribution in [3.05, 3.63) is 0 Å². The normalized spacial score (nSPS) is 22.1. The fourth-order valence-electron chi connectivity index (χ4n) is 1.50. The summed E-state index contributed by atoms with van der Waals surface area (Å²) in [5.41, 5.74) is 5.52. The maximum Gasteiger partial charge on any atom is 0.338 e. The summed E-state index contributed by atoms with van der Waals surface area (Å²) in [6.07, 6.45) is -1.88. The molecule has 1 saturated heterocycles. The van der Waals surface area contributed by atoms with Crippen molar-refractivity contribution in [2.24, 2.45) is 5.73 Å². The molecule has 0 aliphatic carbocycles. The molecule has 1 aliphatic heterocycles. The van der Waals surface area contributed by atoms with Gasteiger partial charge in [0.1, 0.15) is 12.1 Å². The molecule has 0 bridgehead atoms. The predicted octanol–water partition coefficient (Wildman–Crippen LogP) is -2.65. The van der Waals surface area contributed by atoms with Crippen LogP contribution < -0.4 is 16.4 Å². The van der Waals surface area contributed by atoms with E-state index in [2.05, 4.69) is 15.4 Å². The second kappa shape index (κ2) is 7.71. The Morgan fingerprint density at radius 2 is 1.95 bits per heavy atom. The molecular weight excluding hydrogens is 298 g/mol. The molecule has 0 saturated carbocycles. The molecule has 5 N–H and O–H groups in total. The first-order valence-electron chi connectivity index (χ1n) is 6.66. The Labute approximate surface area is 126 Å². The van der Waals surface area contributed by atoms with Crippen molar-refractivity contribution in [2.75, 3.05) is 13.2 Å². The number of hydrogen-bond acceptors (Lipinski definition) is 7. The first-order valence-corrected chi connectivity index (χ1v) is 6.66. The summed E-state index contributed by atoms with van der Waals surface area (Å²) in [5, 5.41) is 13.2. The van der Waals surface area contributed by atoms with Gasteiger partial charge in [-0.25, -0.2) is 4.79 Å². The zero-order valence-electron chi connectivity index (χ0n) is 12.2. The number of aliphatic carboxylic acids is 1. The zero-order valence-corrected chi connectivity index (χ0v) is 12.2. The monoisotopic (exact) mass is 317 g/mol. The van der Waals surface area contributed by atoms with Gasteiger partial charge in [-0.15, -0.1) is 0 Å². The van der Waals surface area contributed by atoms with Crippen molar-refractivity contribution >= 4 is 23.8 Å².